The number of hydrogen-bond donors (Lipinski definition) is 0. The van der Waals surface area contributed by atoms with Crippen LogP contribution in [0, 0.1) is 52.3 Å². The van der Waals surface area contributed by atoms with Crippen LogP contribution in [0.1, 0.15) is 52.9 Å². The molecule has 2 bridgehead atoms. The Hall–Kier alpha value is 0.130. The fourth-order valence-electron chi connectivity index (χ4n) is 9.79. The topological polar surface area (TPSA) is 0 Å². The first-order chi connectivity index (χ1) is 9.94. The Balaban J connectivity index is 1.66. The third kappa shape index (κ3) is 1.11. The van der Waals surface area contributed by atoms with E-state index in [1.807, 2.05) is 0 Å². The van der Waals surface area contributed by atoms with Gasteiger partial charge in [0.15, 0.2) is 0 Å². The average Bonchev–Trinajstić information content (AvgIpc) is 2.78. The smallest absolute Gasteiger partial charge is 0.0752 e. The summed E-state index contributed by atoms with van der Waals surface area (Å²) in [5.74, 6) is 7.62. The molecule has 0 aromatic rings. The Morgan fingerprint density at radius 3 is 2.62 bits per heavy atom. The van der Waals surface area contributed by atoms with E-state index in [1.54, 1.807) is 25.7 Å². The fraction of sp³-hybridized carbons (Fsp3) is 1.00. The summed E-state index contributed by atoms with van der Waals surface area (Å²) in [5.41, 5.74) is 1.41. The van der Waals surface area contributed by atoms with Crippen molar-refractivity contribution in [2.75, 3.05) is 0 Å². The van der Waals surface area contributed by atoms with Crippen LogP contribution in [0.2, 0.25) is 11.6 Å². The van der Waals surface area contributed by atoms with Gasteiger partial charge in [0.2, 0.25) is 0 Å². The molecule has 0 nitrogen and oxygen atoms in total. The summed E-state index contributed by atoms with van der Waals surface area (Å²) in [7, 11) is 5.17. The molecule has 5 rings (SSSR count). The van der Waals surface area contributed by atoms with Crippen LogP contribution in [0.3, 0.4) is 0 Å². The van der Waals surface area contributed by atoms with Gasteiger partial charge in [0.25, 0.3) is 0 Å². The summed E-state index contributed by atoms with van der Waals surface area (Å²) in [4.78, 5) is 0. The molecule has 2 heteroatoms. The van der Waals surface area contributed by atoms with Gasteiger partial charge in [0, 0.05) is 0 Å². The zero-order valence-corrected chi connectivity index (χ0v) is 14.8. The lowest BCUT2D eigenvalue weighted by Crippen LogP contribution is -2.78. The van der Waals surface area contributed by atoms with E-state index in [4.69, 9.17) is 0 Å². The van der Waals surface area contributed by atoms with Gasteiger partial charge < -0.3 is 0 Å². The van der Waals surface area contributed by atoms with Gasteiger partial charge in [-0.25, -0.2) is 0 Å². The van der Waals surface area contributed by atoms with Crippen LogP contribution in [-0.2, 0) is 0 Å². The van der Waals surface area contributed by atoms with Gasteiger partial charge in [-0.2, -0.15) is 0 Å². The maximum Gasteiger partial charge on any atom is 0.110 e. The highest BCUT2D eigenvalue weighted by Crippen LogP contribution is 2.91. The lowest BCUT2D eigenvalue weighted by atomic mass is 9.14. The maximum atomic E-state index is 2.70. The van der Waals surface area contributed by atoms with Crippen molar-refractivity contribution in [2.24, 2.45) is 52.3 Å². The van der Waals surface area contributed by atoms with Crippen molar-refractivity contribution in [3.05, 3.63) is 0 Å². The van der Waals surface area contributed by atoms with Gasteiger partial charge in [-0.05, 0) is 84.4 Å². The lowest BCUT2D eigenvalue weighted by molar-refractivity contribution is -0.316. The summed E-state index contributed by atoms with van der Waals surface area (Å²) in [6.07, 6.45) is 9.21. The second-order valence-corrected chi connectivity index (χ2v) is 10.3. The molecule has 0 aliphatic heterocycles. The van der Waals surface area contributed by atoms with Crippen molar-refractivity contribution in [2.45, 2.75) is 64.5 Å². The number of rotatable bonds is 2. The van der Waals surface area contributed by atoms with Crippen LogP contribution in [0.5, 0.6) is 0 Å². The van der Waals surface area contributed by atoms with E-state index in [0.717, 1.165) is 52.2 Å². The van der Waals surface area contributed by atoms with Crippen LogP contribution < -0.4 is 0 Å². The minimum Gasteiger partial charge on any atom is -0.0752 e. The fourth-order valence-corrected chi connectivity index (χ4v) is 9.79. The zero-order chi connectivity index (χ0) is 14.8. The summed E-state index contributed by atoms with van der Waals surface area (Å²) >= 11 is 0. The molecule has 21 heavy (non-hydrogen) atoms. The lowest BCUT2D eigenvalue weighted by Gasteiger charge is -2.86. The van der Waals surface area contributed by atoms with Crippen molar-refractivity contribution in [3.8, 4) is 0 Å². The maximum absolute atomic E-state index is 2.70. The predicted molar refractivity (Wildman–Crippen MR) is 94.0 cm³/mol. The van der Waals surface area contributed by atoms with Gasteiger partial charge in [0.05, 0.1) is 0 Å². The minimum atomic E-state index is 0.655. The van der Waals surface area contributed by atoms with Crippen LogP contribution in [0.4, 0.5) is 0 Å². The van der Waals surface area contributed by atoms with E-state index in [9.17, 15) is 0 Å². The summed E-state index contributed by atoms with van der Waals surface area (Å²) in [6, 6.07) is 0. The van der Waals surface area contributed by atoms with Gasteiger partial charge in [-0.15, -0.1) is 0 Å². The Labute approximate surface area is 133 Å². The van der Waals surface area contributed by atoms with E-state index < -0.39 is 0 Å². The van der Waals surface area contributed by atoms with E-state index in [2.05, 4.69) is 36.5 Å². The molecule has 10 unspecified atom stereocenters. The summed E-state index contributed by atoms with van der Waals surface area (Å²) in [6.45, 7) is 7.89. The largest absolute Gasteiger partial charge is 0.110 e. The zero-order valence-electron chi connectivity index (χ0n) is 14.8. The average molecular weight is 282 g/mol. The number of fused-ring (bicyclic) bond motifs is 4. The van der Waals surface area contributed by atoms with Crippen molar-refractivity contribution in [3.63, 3.8) is 0 Å². The SMILES string of the molecule is BCC1(C)C2CCC1C1(CC)CC3(B)C4CC(C2C)C4C31. The van der Waals surface area contributed by atoms with Crippen LogP contribution >= 0.6 is 0 Å². The molecule has 0 N–H and O–H groups in total. The monoisotopic (exact) mass is 282 g/mol. The summed E-state index contributed by atoms with van der Waals surface area (Å²) < 4.78 is 0. The van der Waals surface area contributed by atoms with Crippen LogP contribution in [-0.4, -0.2) is 15.7 Å². The molecule has 0 spiro atoms. The molecule has 0 heterocycles. The first-order valence-corrected chi connectivity index (χ1v) is 9.94. The van der Waals surface area contributed by atoms with Gasteiger partial charge >= 0.3 is 0 Å². The molecule has 0 radical (unpaired) electrons. The van der Waals surface area contributed by atoms with Crippen LogP contribution in [0.15, 0.2) is 0 Å². The van der Waals surface area contributed by atoms with Crippen LogP contribution in [0.25, 0.3) is 0 Å². The molecule has 114 valence electrons. The molecule has 5 saturated carbocycles. The Morgan fingerprint density at radius 1 is 1.19 bits per heavy atom. The highest BCUT2D eigenvalue weighted by atomic mass is 14.8. The standard InChI is InChI=1S/C19H32B2/c1-4-18-8-19(21)13-7-11(15(13)16(18)19)10(2)12-5-6-14(18)17(12,3)9-20/h10-16H,4-9,20-21H2,1-3H3. The highest BCUT2D eigenvalue weighted by Gasteiger charge is 2.82. The molecule has 0 aromatic heterocycles. The van der Waals surface area contributed by atoms with Gasteiger partial charge in [-0.3, -0.25) is 0 Å². The molecule has 10 atom stereocenters. The molecule has 5 aliphatic carbocycles. The quantitative estimate of drug-likeness (QED) is 0.682. The molecule has 0 aromatic carbocycles. The molecule has 5 aliphatic rings. The van der Waals surface area contributed by atoms with Gasteiger partial charge in [-0.1, -0.05) is 32.4 Å². The Morgan fingerprint density at radius 2 is 1.95 bits per heavy atom. The van der Waals surface area contributed by atoms with Crippen molar-refractivity contribution in [1.82, 2.24) is 0 Å². The minimum absolute atomic E-state index is 0.655. The molecule has 0 amide bonds. The summed E-state index contributed by atoms with van der Waals surface area (Å²) in [5, 5.41) is 0.779. The van der Waals surface area contributed by atoms with E-state index in [1.165, 1.54) is 12.7 Å². The first-order valence-electron chi connectivity index (χ1n) is 9.94. The predicted octanol–water partition coefficient (Wildman–Crippen LogP) is 3.19. The number of hydrogen-bond acceptors (Lipinski definition) is 0. The third-order valence-corrected chi connectivity index (χ3v) is 10.6. The first kappa shape index (κ1) is 13.6. The second kappa shape index (κ2) is 3.62. The Bertz CT molecular complexity index is 504. The van der Waals surface area contributed by atoms with E-state index in [-0.39, 0.29) is 0 Å². The molecule has 5 fully saturated rings. The molecule has 0 saturated heterocycles. The second-order valence-electron chi connectivity index (χ2n) is 10.3. The van der Waals surface area contributed by atoms with Gasteiger partial charge in [0.1, 0.15) is 15.7 Å². The van der Waals surface area contributed by atoms with Crippen molar-refractivity contribution < 1.29 is 0 Å². The highest BCUT2D eigenvalue weighted by molar-refractivity contribution is 6.18. The van der Waals surface area contributed by atoms with E-state index >= 15 is 0 Å². The Kier molecular flexibility index (Phi) is 2.34. The van der Waals surface area contributed by atoms with Crippen molar-refractivity contribution >= 4 is 15.7 Å². The van der Waals surface area contributed by atoms with E-state index in [0.29, 0.717) is 5.41 Å². The molecular weight excluding hydrogens is 250 g/mol. The van der Waals surface area contributed by atoms with Crippen molar-refractivity contribution in [1.29, 1.82) is 0 Å². The normalized spacial score (nSPS) is 69.8. The molecular formula is C19H32B2. The third-order valence-electron chi connectivity index (χ3n) is 10.6.